The fourth-order valence-corrected chi connectivity index (χ4v) is 2.72. The van der Waals surface area contributed by atoms with Crippen LogP contribution in [0.25, 0.3) is 33.4 Å². The van der Waals surface area contributed by atoms with Crippen molar-refractivity contribution in [3.8, 4) is 11.4 Å². The first-order chi connectivity index (χ1) is 10.2. The summed E-state index contributed by atoms with van der Waals surface area (Å²) >= 11 is 3.42. The Morgan fingerprint density at radius 1 is 1.10 bits per heavy atom. The van der Waals surface area contributed by atoms with Gasteiger partial charge in [0.25, 0.3) is 0 Å². The lowest BCUT2D eigenvalue weighted by Crippen LogP contribution is -2.03. The number of H-pyrrole nitrogens is 1. The number of halogens is 1. The van der Waals surface area contributed by atoms with Crippen molar-refractivity contribution in [2.45, 2.75) is 0 Å². The Labute approximate surface area is 127 Å². The minimum atomic E-state index is -0.399. The molecule has 2 aromatic heterocycles. The van der Waals surface area contributed by atoms with Crippen molar-refractivity contribution in [3.63, 3.8) is 0 Å². The van der Waals surface area contributed by atoms with E-state index in [4.69, 9.17) is 4.42 Å². The molecule has 0 unspecified atom stereocenters. The maximum atomic E-state index is 12.2. The first-order valence-corrected chi connectivity index (χ1v) is 7.18. The highest BCUT2D eigenvalue weighted by molar-refractivity contribution is 9.10. The van der Waals surface area contributed by atoms with Crippen LogP contribution in [0.5, 0.6) is 0 Å². The number of hydrogen-bond acceptors (Lipinski definition) is 3. The van der Waals surface area contributed by atoms with E-state index in [0.717, 1.165) is 20.9 Å². The Morgan fingerprint density at radius 2 is 1.95 bits per heavy atom. The van der Waals surface area contributed by atoms with Crippen molar-refractivity contribution in [3.05, 3.63) is 63.4 Å². The summed E-state index contributed by atoms with van der Waals surface area (Å²) in [6.07, 6.45) is 0. The summed E-state index contributed by atoms with van der Waals surface area (Å²) < 4.78 is 6.29. The summed E-state index contributed by atoms with van der Waals surface area (Å²) in [5.74, 6) is 0.520. The van der Waals surface area contributed by atoms with E-state index in [1.807, 2.05) is 36.4 Å². The van der Waals surface area contributed by atoms with Crippen LogP contribution in [0.1, 0.15) is 0 Å². The molecule has 1 N–H and O–H groups in total. The van der Waals surface area contributed by atoms with Gasteiger partial charge in [0.15, 0.2) is 0 Å². The van der Waals surface area contributed by atoms with Crippen LogP contribution in [0.2, 0.25) is 0 Å². The summed E-state index contributed by atoms with van der Waals surface area (Å²) in [6.45, 7) is 0. The molecule has 0 aliphatic rings. The molecule has 0 saturated carbocycles. The molecule has 0 atom stereocenters. The average molecular weight is 341 g/mol. The lowest BCUT2D eigenvalue weighted by molar-refractivity contribution is 0.563. The number of aromatic amines is 1. The zero-order valence-corrected chi connectivity index (χ0v) is 12.3. The van der Waals surface area contributed by atoms with Gasteiger partial charge in [-0.25, -0.2) is 9.78 Å². The van der Waals surface area contributed by atoms with E-state index in [1.54, 1.807) is 12.1 Å². The second-order valence-electron chi connectivity index (χ2n) is 4.73. The first kappa shape index (κ1) is 12.3. The molecule has 4 nitrogen and oxygen atoms in total. The van der Waals surface area contributed by atoms with Crippen molar-refractivity contribution in [2.24, 2.45) is 0 Å². The van der Waals surface area contributed by atoms with E-state index in [0.29, 0.717) is 17.0 Å². The number of nitrogens with one attached hydrogen (secondary N) is 1. The van der Waals surface area contributed by atoms with Crippen molar-refractivity contribution in [1.29, 1.82) is 0 Å². The van der Waals surface area contributed by atoms with Crippen molar-refractivity contribution < 1.29 is 4.42 Å². The topological polar surface area (TPSA) is 58.9 Å². The molecule has 5 heteroatoms. The third-order valence-electron chi connectivity index (χ3n) is 3.34. The van der Waals surface area contributed by atoms with Gasteiger partial charge in [-0.3, -0.25) is 0 Å². The molecule has 21 heavy (non-hydrogen) atoms. The SMILES string of the molecule is O=c1oc2ccc(Br)cc2cc1-c1nc2ccccc2[nH]1. The number of imidazole rings is 1. The predicted molar refractivity (Wildman–Crippen MR) is 85.3 cm³/mol. The highest BCUT2D eigenvalue weighted by atomic mass is 79.9. The summed E-state index contributed by atoms with van der Waals surface area (Å²) in [4.78, 5) is 19.8. The van der Waals surface area contributed by atoms with Crippen molar-refractivity contribution in [2.75, 3.05) is 0 Å². The number of hydrogen-bond donors (Lipinski definition) is 1. The number of fused-ring (bicyclic) bond motifs is 2. The van der Waals surface area contributed by atoms with Crippen LogP contribution in [0.3, 0.4) is 0 Å². The van der Waals surface area contributed by atoms with E-state index in [2.05, 4.69) is 25.9 Å². The Morgan fingerprint density at radius 3 is 2.81 bits per heavy atom. The fraction of sp³-hybridized carbons (Fsp3) is 0. The van der Waals surface area contributed by atoms with Gasteiger partial charge in [0.1, 0.15) is 17.0 Å². The van der Waals surface area contributed by atoms with Gasteiger partial charge in [-0.2, -0.15) is 0 Å². The van der Waals surface area contributed by atoms with Gasteiger partial charge in [-0.15, -0.1) is 0 Å². The number of aromatic nitrogens is 2. The highest BCUT2D eigenvalue weighted by Gasteiger charge is 2.12. The number of nitrogens with zero attached hydrogens (tertiary/aromatic N) is 1. The Bertz CT molecular complexity index is 1000. The van der Waals surface area contributed by atoms with Crippen molar-refractivity contribution in [1.82, 2.24) is 9.97 Å². The molecule has 4 aromatic rings. The monoisotopic (exact) mass is 340 g/mol. The van der Waals surface area contributed by atoms with Crippen LogP contribution in [0.4, 0.5) is 0 Å². The van der Waals surface area contributed by atoms with Gasteiger partial charge in [0.2, 0.25) is 0 Å². The zero-order valence-electron chi connectivity index (χ0n) is 10.8. The average Bonchev–Trinajstić information content (AvgIpc) is 2.90. The number of para-hydroxylation sites is 2. The second kappa shape index (κ2) is 4.56. The molecule has 102 valence electrons. The minimum Gasteiger partial charge on any atom is -0.422 e. The van der Waals surface area contributed by atoms with Crippen molar-refractivity contribution >= 4 is 37.9 Å². The molecule has 0 fully saturated rings. The molecule has 0 radical (unpaired) electrons. The lowest BCUT2D eigenvalue weighted by Gasteiger charge is -2.00. The minimum absolute atomic E-state index is 0.399. The molecule has 0 bridgehead atoms. The molecule has 0 amide bonds. The van der Waals surface area contributed by atoms with Crippen LogP contribution >= 0.6 is 15.9 Å². The molecule has 2 aromatic carbocycles. The van der Waals surface area contributed by atoms with Crippen LogP contribution < -0.4 is 5.63 Å². The summed E-state index contributed by atoms with van der Waals surface area (Å²) in [6, 6.07) is 15.0. The standard InChI is InChI=1S/C16H9BrN2O2/c17-10-5-6-14-9(7-10)8-11(16(20)21-14)15-18-12-3-1-2-4-13(12)19-15/h1-8H,(H,18,19). The van der Waals surface area contributed by atoms with Crippen LogP contribution in [-0.2, 0) is 0 Å². The first-order valence-electron chi connectivity index (χ1n) is 6.39. The van der Waals surface area contributed by atoms with E-state index >= 15 is 0 Å². The van der Waals surface area contributed by atoms with Gasteiger partial charge in [-0.05, 0) is 36.4 Å². The fourth-order valence-electron chi connectivity index (χ4n) is 2.34. The zero-order chi connectivity index (χ0) is 14.4. The molecule has 0 saturated heterocycles. The largest absolute Gasteiger partial charge is 0.422 e. The van der Waals surface area contributed by atoms with E-state index in [-0.39, 0.29) is 0 Å². The molecular weight excluding hydrogens is 332 g/mol. The van der Waals surface area contributed by atoms with Crippen LogP contribution in [-0.4, -0.2) is 9.97 Å². The number of benzene rings is 2. The van der Waals surface area contributed by atoms with Gasteiger partial charge in [0, 0.05) is 9.86 Å². The summed E-state index contributed by atoms with van der Waals surface area (Å²) in [5.41, 5.74) is 2.30. The number of rotatable bonds is 1. The van der Waals surface area contributed by atoms with E-state index < -0.39 is 5.63 Å². The lowest BCUT2D eigenvalue weighted by atomic mass is 10.2. The molecule has 0 aliphatic heterocycles. The van der Waals surface area contributed by atoms with E-state index in [9.17, 15) is 4.79 Å². The molecular formula is C16H9BrN2O2. The normalized spacial score (nSPS) is 11.3. The van der Waals surface area contributed by atoms with Crippen LogP contribution in [0.15, 0.2) is 62.2 Å². The predicted octanol–water partition coefficient (Wildman–Crippen LogP) is 4.10. The summed E-state index contributed by atoms with van der Waals surface area (Å²) in [7, 11) is 0. The summed E-state index contributed by atoms with van der Waals surface area (Å²) in [5, 5.41) is 0.847. The van der Waals surface area contributed by atoms with Gasteiger partial charge in [0.05, 0.1) is 11.0 Å². The molecule has 0 aliphatic carbocycles. The third-order valence-corrected chi connectivity index (χ3v) is 3.83. The molecule has 0 spiro atoms. The second-order valence-corrected chi connectivity index (χ2v) is 5.65. The Balaban J connectivity index is 2.00. The third kappa shape index (κ3) is 2.06. The molecule has 4 rings (SSSR count). The van der Waals surface area contributed by atoms with Gasteiger partial charge >= 0.3 is 5.63 Å². The quantitative estimate of drug-likeness (QED) is 0.530. The van der Waals surface area contributed by atoms with Gasteiger partial charge in [-0.1, -0.05) is 28.1 Å². The highest BCUT2D eigenvalue weighted by Crippen LogP contribution is 2.23. The Kier molecular flexibility index (Phi) is 2.68. The molecule has 2 heterocycles. The van der Waals surface area contributed by atoms with Crippen LogP contribution in [0, 0.1) is 0 Å². The maximum absolute atomic E-state index is 12.2. The Hall–Kier alpha value is -2.40. The van der Waals surface area contributed by atoms with E-state index in [1.165, 1.54) is 0 Å². The van der Waals surface area contributed by atoms with Gasteiger partial charge < -0.3 is 9.40 Å². The maximum Gasteiger partial charge on any atom is 0.347 e. The smallest absolute Gasteiger partial charge is 0.347 e.